The lowest BCUT2D eigenvalue weighted by Gasteiger charge is -2.25. The number of carbonyl (C=O) groups excluding carboxylic acids is 2. The molecular formula is C23H18F2N2O3S. The van der Waals surface area contributed by atoms with Gasteiger partial charge in [0, 0.05) is 11.8 Å². The van der Waals surface area contributed by atoms with Gasteiger partial charge in [0.25, 0.3) is 5.91 Å². The van der Waals surface area contributed by atoms with E-state index in [2.05, 4.69) is 5.32 Å². The summed E-state index contributed by atoms with van der Waals surface area (Å²) in [5, 5.41) is 2.26. The molecule has 1 atom stereocenters. The highest BCUT2D eigenvalue weighted by atomic mass is 32.2. The Bertz CT molecular complexity index is 1110. The second-order valence-corrected chi connectivity index (χ2v) is 7.87. The zero-order valence-electron chi connectivity index (χ0n) is 16.3. The number of benzene rings is 3. The number of hydrogen-bond acceptors (Lipinski definition) is 4. The monoisotopic (exact) mass is 440 g/mol. The number of nitrogens with zero attached hydrogens (tertiary/aromatic N) is 1. The predicted molar refractivity (Wildman–Crippen MR) is 116 cm³/mol. The molecule has 3 aromatic carbocycles. The number of carbonyl (C=O) groups is 2. The summed E-state index contributed by atoms with van der Waals surface area (Å²) in [7, 11) is 0. The SMILES string of the molecule is O=C(COc1ccccc1)Nc1cccc(C2SCC(=O)N2c2ccc(F)cc2F)c1. The van der Waals surface area contributed by atoms with Crippen LogP contribution in [0.5, 0.6) is 5.75 Å². The maximum Gasteiger partial charge on any atom is 0.262 e. The lowest BCUT2D eigenvalue weighted by Crippen LogP contribution is -2.28. The van der Waals surface area contributed by atoms with Crippen molar-refractivity contribution in [3.8, 4) is 5.75 Å². The van der Waals surface area contributed by atoms with Crippen LogP contribution in [-0.2, 0) is 9.59 Å². The van der Waals surface area contributed by atoms with Gasteiger partial charge < -0.3 is 10.1 Å². The molecule has 1 N–H and O–H groups in total. The van der Waals surface area contributed by atoms with Crippen molar-refractivity contribution in [2.45, 2.75) is 5.37 Å². The molecule has 0 spiro atoms. The minimum absolute atomic E-state index is 0.0205. The first-order chi connectivity index (χ1) is 15.0. The summed E-state index contributed by atoms with van der Waals surface area (Å²) in [5.74, 6) is -1.36. The van der Waals surface area contributed by atoms with E-state index in [1.807, 2.05) is 18.2 Å². The molecule has 8 heteroatoms. The van der Waals surface area contributed by atoms with Crippen molar-refractivity contribution in [1.29, 1.82) is 0 Å². The Morgan fingerprint density at radius 3 is 2.65 bits per heavy atom. The number of para-hydroxylation sites is 1. The predicted octanol–water partition coefficient (Wildman–Crippen LogP) is 4.76. The van der Waals surface area contributed by atoms with E-state index >= 15 is 0 Å². The van der Waals surface area contributed by atoms with Crippen LogP contribution in [0.25, 0.3) is 0 Å². The average Bonchev–Trinajstić information content (AvgIpc) is 3.14. The van der Waals surface area contributed by atoms with Crippen LogP contribution in [0.2, 0.25) is 0 Å². The van der Waals surface area contributed by atoms with Crippen molar-refractivity contribution in [3.63, 3.8) is 0 Å². The van der Waals surface area contributed by atoms with Crippen molar-refractivity contribution in [1.82, 2.24) is 0 Å². The van der Waals surface area contributed by atoms with Crippen molar-refractivity contribution in [2.24, 2.45) is 0 Å². The third-order valence-corrected chi connectivity index (χ3v) is 5.82. The third kappa shape index (κ3) is 4.86. The van der Waals surface area contributed by atoms with E-state index in [1.165, 1.54) is 22.7 Å². The minimum Gasteiger partial charge on any atom is -0.484 e. The van der Waals surface area contributed by atoms with Crippen LogP contribution in [0.15, 0.2) is 72.8 Å². The second kappa shape index (κ2) is 9.18. The van der Waals surface area contributed by atoms with E-state index in [4.69, 9.17) is 4.74 Å². The highest BCUT2D eigenvalue weighted by Gasteiger charge is 2.35. The zero-order chi connectivity index (χ0) is 21.8. The molecule has 5 nitrogen and oxygen atoms in total. The van der Waals surface area contributed by atoms with Crippen LogP contribution >= 0.6 is 11.8 Å². The van der Waals surface area contributed by atoms with E-state index in [0.29, 0.717) is 17.0 Å². The van der Waals surface area contributed by atoms with Crippen molar-refractivity contribution < 1.29 is 23.1 Å². The van der Waals surface area contributed by atoms with E-state index < -0.39 is 17.0 Å². The Balaban J connectivity index is 1.49. The van der Waals surface area contributed by atoms with Gasteiger partial charge in [0.2, 0.25) is 5.91 Å². The number of hydrogen-bond donors (Lipinski definition) is 1. The first-order valence-corrected chi connectivity index (χ1v) is 10.5. The molecule has 0 aliphatic carbocycles. The van der Waals surface area contributed by atoms with E-state index in [0.717, 1.165) is 12.1 Å². The Morgan fingerprint density at radius 2 is 1.87 bits per heavy atom. The summed E-state index contributed by atoms with van der Waals surface area (Å²) < 4.78 is 33.1. The fourth-order valence-electron chi connectivity index (χ4n) is 3.24. The Kier molecular flexibility index (Phi) is 6.18. The van der Waals surface area contributed by atoms with Crippen molar-refractivity contribution in [3.05, 3.63) is 90.0 Å². The molecule has 1 aliphatic heterocycles. The van der Waals surface area contributed by atoms with Crippen LogP contribution in [0.3, 0.4) is 0 Å². The lowest BCUT2D eigenvalue weighted by molar-refractivity contribution is -0.118. The fourth-order valence-corrected chi connectivity index (χ4v) is 4.40. The molecule has 2 amide bonds. The molecule has 0 radical (unpaired) electrons. The summed E-state index contributed by atoms with van der Waals surface area (Å²) in [5.41, 5.74) is 1.26. The summed E-state index contributed by atoms with van der Waals surface area (Å²) in [4.78, 5) is 26.0. The molecule has 0 aromatic heterocycles. The standard InChI is InChI=1S/C23H18F2N2O3S/c24-16-9-10-20(19(25)12-16)27-22(29)14-31-23(27)15-5-4-6-17(11-15)26-21(28)13-30-18-7-2-1-3-8-18/h1-12,23H,13-14H2,(H,26,28). The molecule has 1 heterocycles. The number of ether oxygens (including phenoxy) is 1. The van der Waals surface area contributed by atoms with Gasteiger partial charge in [-0.2, -0.15) is 0 Å². The molecule has 0 saturated carbocycles. The van der Waals surface area contributed by atoms with Gasteiger partial charge >= 0.3 is 0 Å². The maximum absolute atomic E-state index is 14.3. The first kappa shape index (κ1) is 20.9. The van der Waals surface area contributed by atoms with Gasteiger partial charge in [-0.15, -0.1) is 11.8 Å². The molecule has 3 aromatic rings. The van der Waals surface area contributed by atoms with Crippen LogP contribution in [0.4, 0.5) is 20.2 Å². The van der Waals surface area contributed by atoms with Gasteiger partial charge in [-0.05, 0) is 42.0 Å². The van der Waals surface area contributed by atoms with Crippen molar-refractivity contribution >= 4 is 35.0 Å². The molecule has 158 valence electrons. The van der Waals surface area contributed by atoms with Gasteiger partial charge in [-0.1, -0.05) is 30.3 Å². The van der Waals surface area contributed by atoms with Gasteiger partial charge in [-0.3, -0.25) is 14.5 Å². The van der Waals surface area contributed by atoms with Crippen molar-refractivity contribution in [2.75, 3.05) is 22.6 Å². The molecule has 31 heavy (non-hydrogen) atoms. The number of halogens is 2. The average molecular weight is 440 g/mol. The Hall–Kier alpha value is -3.39. The van der Waals surface area contributed by atoms with Gasteiger partial charge in [0.15, 0.2) is 6.61 Å². The summed E-state index contributed by atoms with van der Waals surface area (Å²) in [6.07, 6.45) is 0. The fraction of sp³-hybridized carbons (Fsp3) is 0.130. The normalized spacial score (nSPS) is 15.7. The number of thioether (sulfide) groups is 1. The number of nitrogens with one attached hydrogen (secondary N) is 1. The zero-order valence-corrected chi connectivity index (χ0v) is 17.1. The third-order valence-electron chi connectivity index (χ3n) is 4.61. The molecular weight excluding hydrogens is 422 g/mol. The van der Waals surface area contributed by atoms with Crippen LogP contribution in [-0.4, -0.2) is 24.2 Å². The summed E-state index contributed by atoms with van der Waals surface area (Å²) in [6, 6.07) is 19.1. The van der Waals surface area contributed by atoms with E-state index in [-0.39, 0.29) is 29.9 Å². The number of rotatable bonds is 6. The number of amides is 2. The summed E-state index contributed by atoms with van der Waals surface area (Å²) in [6.45, 7) is -0.155. The van der Waals surface area contributed by atoms with Crippen LogP contribution in [0, 0.1) is 11.6 Å². The molecule has 1 fully saturated rings. The van der Waals surface area contributed by atoms with E-state index in [1.54, 1.807) is 36.4 Å². The van der Waals surface area contributed by atoms with Gasteiger partial charge in [0.05, 0.1) is 11.4 Å². The number of anilines is 2. The molecule has 0 bridgehead atoms. The lowest BCUT2D eigenvalue weighted by atomic mass is 10.1. The molecule has 1 saturated heterocycles. The summed E-state index contributed by atoms with van der Waals surface area (Å²) >= 11 is 1.33. The van der Waals surface area contributed by atoms with Gasteiger partial charge in [-0.25, -0.2) is 8.78 Å². The first-order valence-electron chi connectivity index (χ1n) is 9.47. The van der Waals surface area contributed by atoms with Crippen LogP contribution < -0.4 is 15.0 Å². The van der Waals surface area contributed by atoms with Gasteiger partial charge in [0.1, 0.15) is 22.8 Å². The molecule has 1 aliphatic rings. The largest absolute Gasteiger partial charge is 0.484 e. The van der Waals surface area contributed by atoms with Crippen LogP contribution in [0.1, 0.15) is 10.9 Å². The minimum atomic E-state index is -0.802. The highest BCUT2D eigenvalue weighted by Crippen LogP contribution is 2.43. The molecule has 4 rings (SSSR count). The van der Waals surface area contributed by atoms with E-state index in [9.17, 15) is 18.4 Å². The Labute approximate surface area is 182 Å². The smallest absolute Gasteiger partial charge is 0.262 e. The second-order valence-electron chi connectivity index (χ2n) is 6.80. The Morgan fingerprint density at radius 1 is 1.06 bits per heavy atom. The molecule has 1 unspecified atom stereocenters. The quantitative estimate of drug-likeness (QED) is 0.601. The topological polar surface area (TPSA) is 58.6 Å². The highest BCUT2D eigenvalue weighted by molar-refractivity contribution is 8.00. The maximum atomic E-state index is 14.3.